The predicted molar refractivity (Wildman–Crippen MR) is 229 cm³/mol. The first-order chi connectivity index (χ1) is 27.8. The zero-order valence-corrected chi connectivity index (χ0v) is 30.0. The van der Waals surface area contributed by atoms with E-state index in [4.69, 9.17) is 9.97 Å². The summed E-state index contributed by atoms with van der Waals surface area (Å²) in [5.74, 6) is 0. The molecule has 0 aliphatic carbocycles. The molecule has 11 rings (SSSR count). The normalized spacial score (nSPS) is 12.1. The smallest absolute Gasteiger partial charge is 0.0737 e. The van der Waals surface area contributed by atoms with Gasteiger partial charge >= 0.3 is 0 Å². The molecule has 0 fully saturated rings. The lowest BCUT2D eigenvalue weighted by Crippen LogP contribution is -1.91. The molecule has 7 nitrogen and oxygen atoms in total. The van der Waals surface area contributed by atoms with Crippen molar-refractivity contribution in [2.75, 3.05) is 0 Å². The molecule has 2 aliphatic rings. The number of aromatic amines is 2. The lowest BCUT2D eigenvalue weighted by atomic mass is 9.92. The van der Waals surface area contributed by atoms with Gasteiger partial charge in [0.25, 0.3) is 0 Å². The molecule has 0 saturated carbocycles. The fourth-order valence-electron chi connectivity index (χ4n) is 8.22. The number of fused-ring (bicyclic) bond motifs is 11. The van der Waals surface area contributed by atoms with Gasteiger partial charge in [0.1, 0.15) is 0 Å². The molecule has 8 bridgehead atoms. The highest BCUT2D eigenvalue weighted by atomic mass is 14.8. The van der Waals surface area contributed by atoms with Crippen molar-refractivity contribution in [2.24, 2.45) is 0 Å². The number of hydrogen-bond acceptors (Lipinski definition) is 5. The number of pyridine rings is 3. The summed E-state index contributed by atoms with van der Waals surface area (Å²) in [4.78, 5) is 31.6. The molecule has 0 radical (unpaired) electrons. The SMILES string of the molecule is C1=Cc2nc1c(-c1ccncc1)c1ccc([nH]1)c(-c1ccncc1)c1nc(c(-c3cc4ccccc4c4ccccc34)c3ccc([nH]3)c2-c2ccncc2)C=C1. The van der Waals surface area contributed by atoms with Crippen molar-refractivity contribution in [3.8, 4) is 44.5 Å². The fourth-order valence-corrected chi connectivity index (χ4v) is 8.22. The first kappa shape index (κ1) is 31.7. The third kappa shape index (κ3) is 5.25. The maximum Gasteiger partial charge on any atom is 0.0737 e. The van der Waals surface area contributed by atoms with Crippen molar-refractivity contribution in [1.82, 2.24) is 34.9 Å². The molecule has 7 heteroatoms. The Kier molecular flexibility index (Phi) is 7.35. The Morgan fingerprint density at radius 2 is 0.714 bits per heavy atom. The van der Waals surface area contributed by atoms with Crippen molar-refractivity contribution in [3.63, 3.8) is 0 Å². The molecule has 0 amide bonds. The quantitative estimate of drug-likeness (QED) is 0.177. The highest BCUT2D eigenvalue weighted by molar-refractivity contribution is 6.16. The number of H-pyrrole nitrogens is 2. The van der Waals surface area contributed by atoms with Crippen molar-refractivity contribution >= 4 is 67.9 Å². The van der Waals surface area contributed by atoms with Crippen LogP contribution in [-0.2, 0) is 0 Å². The molecule has 2 aliphatic heterocycles. The zero-order chi connectivity index (χ0) is 37.0. The largest absolute Gasteiger partial charge is 0.354 e. The van der Waals surface area contributed by atoms with Crippen LogP contribution in [0.4, 0.5) is 0 Å². The average Bonchev–Trinajstić information content (AvgIpc) is 4.10. The van der Waals surface area contributed by atoms with Crippen LogP contribution >= 0.6 is 0 Å². The number of aromatic nitrogens is 7. The highest BCUT2D eigenvalue weighted by Crippen LogP contribution is 2.41. The van der Waals surface area contributed by atoms with E-state index < -0.39 is 0 Å². The van der Waals surface area contributed by atoms with Crippen LogP contribution < -0.4 is 0 Å². The van der Waals surface area contributed by atoms with Crippen molar-refractivity contribution in [3.05, 3.63) is 175 Å². The predicted octanol–water partition coefficient (Wildman–Crippen LogP) is 11.8. The minimum Gasteiger partial charge on any atom is -0.354 e. The first-order valence-electron chi connectivity index (χ1n) is 18.6. The van der Waals surface area contributed by atoms with Crippen molar-refractivity contribution < 1.29 is 0 Å². The summed E-state index contributed by atoms with van der Waals surface area (Å²) < 4.78 is 0. The Labute approximate surface area is 321 Å². The van der Waals surface area contributed by atoms with Crippen LogP contribution in [0.5, 0.6) is 0 Å². The lowest BCUT2D eigenvalue weighted by Gasteiger charge is -2.12. The Morgan fingerprint density at radius 1 is 0.339 bits per heavy atom. The van der Waals surface area contributed by atoms with Crippen LogP contribution in [0, 0.1) is 0 Å². The molecule has 56 heavy (non-hydrogen) atoms. The molecule has 0 unspecified atom stereocenters. The average molecular weight is 718 g/mol. The zero-order valence-electron chi connectivity index (χ0n) is 30.0. The van der Waals surface area contributed by atoms with Crippen molar-refractivity contribution in [1.29, 1.82) is 0 Å². The van der Waals surface area contributed by atoms with E-state index in [1.807, 2.05) is 73.6 Å². The van der Waals surface area contributed by atoms with Crippen molar-refractivity contribution in [2.45, 2.75) is 0 Å². The number of nitrogens with zero attached hydrogens (tertiary/aromatic N) is 5. The fraction of sp³-hybridized carbons (Fsp3) is 0. The van der Waals surface area contributed by atoms with E-state index >= 15 is 0 Å². The molecule has 3 aromatic carbocycles. The molecular formula is C49H31N7. The second-order valence-corrected chi connectivity index (χ2v) is 13.9. The molecule has 2 N–H and O–H groups in total. The number of rotatable bonds is 4. The molecule has 6 aromatic heterocycles. The number of nitrogens with one attached hydrogen (secondary N) is 2. The molecule has 9 aromatic rings. The molecule has 0 atom stereocenters. The van der Waals surface area contributed by atoms with Gasteiger partial charge in [-0.3, -0.25) is 15.0 Å². The van der Waals surface area contributed by atoms with E-state index in [2.05, 4.69) is 128 Å². The van der Waals surface area contributed by atoms with Gasteiger partial charge in [0, 0.05) is 81.5 Å². The second kappa shape index (κ2) is 13.0. The second-order valence-electron chi connectivity index (χ2n) is 13.9. The summed E-state index contributed by atoms with van der Waals surface area (Å²) in [6.45, 7) is 0. The van der Waals surface area contributed by atoms with E-state index in [0.29, 0.717) is 0 Å². The summed E-state index contributed by atoms with van der Waals surface area (Å²) >= 11 is 0. The van der Waals surface area contributed by atoms with Gasteiger partial charge in [-0.2, -0.15) is 0 Å². The molecule has 0 saturated heterocycles. The van der Waals surface area contributed by atoms with Crippen LogP contribution in [0.3, 0.4) is 0 Å². The topological polar surface area (TPSA) is 96.0 Å². The standard InChI is InChI=1S/C49H31N7/c1-2-6-34-33(5-1)29-37(36-8-4-3-7-35(34)36)49-44-15-13-42(55-44)47(31-19-25-51-26-20-31)40-11-9-38(53-40)46(30-17-23-50-24-18-30)39-10-12-41(54-39)48(32-21-27-52-28-22-32)43-14-16-45(49)56-43/h1-29,53,56H. The van der Waals surface area contributed by atoms with Gasteiger partial charge in [-0.1, -0.05) is 48.5 Å². The summed E-state index contributed by atoms with van der Waals surface area (Å²) in [5, 5.41) is 4.74. The number of hydrogen-bond donors (Lipinski definition) is 2. The summed E-state index contributed by atoms with van der Waals surface area (Å²) in [6, 6.07) is 40.4. The van der Waals surface area contributed by atoms with Crippen LogP contribution in [-0.4, -0.2) is 34.9 Å². The Bertz CT molecular complexity index is 3200. The van der Waals surface area contributed by atoms with E-state index in [-0.39, 0.29) is 0 Å². The highest BCUT2D eigenvalue weighted by Gasteiger charge is 2.20. The van der Waals surface area contributed by atoms with Crippen LogP contribution in [0.2, 0.25) is 0 Å². The van der Waals surface area contributed by atoms with Gasteiger partial charge in [0.15, 0.2) is 0 Å². The maximum absolute atomic E-state index is 5.50. The Hall–Kier alpha value is -7.77. The van der Waals surface area contributed by atoms with Crippen LogP contribution in [0.1, 0.15) is 22.8 Å². The minimum atomic E-state index is 0.846. The maximum atomic E-state index is 5.50. The Morgan fingerprint density at radius 3 is 1.18 bits per heavy atom. The summed E-state index contributed by atoms with van der Waals surface area (Å²) in [5.41, 5.74) is 15.2. The lowest BCUT2D eigenvalue weighted by molar-refractivity contribution is 1.29. The van der Waals surface area contributed by atoms with Gasteiger partial charge in [-0.25, -0.2) is 9.97 Å². The molecule has 0 spiro atoms. The van der Waals surface area contributed by atoms with E-state index in [9.17, 15) is 0 Å². The van der Waals surface area contributed by atoms with Gasteiger partial charge < -0.3 is 9.97 Å². The first-order valence-corrected chi connectivity index (χ1v) is 18.6. The third-order valence-electron chi connectivity index (χ3n) is 10.7. The van der Waals surface area contributed by atoms with Gasteiger partial charge in [-0.15, -0.1) is 0 Å². The summed E-state index contributed by atoms with van der Waals surface area (Å²) in [6.07, 6.45) is 19.4. The molecule has 8 heterocycles. The number of benzene rings is 3. The minimum absolute atomic E-state index is 0.846. The van der Waals surface area contributed by atoms with Gasteiger partial charge in [0.2, 0.25) is 0 Å². The van der Waals surface area contributed by atoms with E-state index in [0.717, 1.165) is 94.7 Å². The van der Waals surface area contributed by atoms with Gasteiger partial charge in [0.05, 0.1) is 22.8 Å². The van der Waals surface area contributed by atoms with Gasteiger partial charge in [-0.05, 0) is 135 Å². The van der Waals surface area contributed by atoms with E-state index in [1.54, 1.807) is 0 Å². The van der Waals surface area contributed by atoms with E-state index in [1.165, 1.54) is 16.2 Å². The van der Waals surface area contributed by atoms with Crippen LogP contribution in [0.15, 0.2) is 152 Å². The Balaban J connectivity index is 1.34. The van der Waals surface area contributed by atoms with Crippen LogP contribution in [0.25, 0.3) is 112 Å². The molecular weight excluding hydrogens is 687 g/mol. The summed E-state index contributed by atoms with van der Waals surface area (Å²) in [7, 11) is 0. The molecule has 262 valence electrons. The third-order valence-corrected chi connectivity index (χ3v) is 10.7. The monoisotopic (exact) mass is 717 g/mol.